The number of phenolic OH excluding ortho intramolecular Hbond substituents is 1. The molecule has 1 N–H and O–H groups in total. The Morgan fingerprint density at radius 1 is 0.900 bits per heavy atom. The van der Waals surface area contributed by atoms with E-state index in [1.807, 2.05) is 18.2 Å². The number of nitrogens with zero attached hydrogens (tertiary/aromatic N) is 1. The summed E-state index contributed by atoms with van der Waals surface area (Å²) in [5.74, 6) is -0.117. The van der Waals surface area contributed by atoms with Gasteiger partial charge in [-0.05, 0) is 23.8 Å². The van der Waals surface area contributed by atoms with E-state index in [0.717, 1.165) is 10.9 Å². The van der Waals surface area contributed by atoms with Crippen molar-refractivity contribution in [1.29, 1.82) is 0 Å². The van der Waals surface area contributed by atoms with Crippen molar-refractivity contribution in [3.05, 3.63) is 71.7 Å². The Hall–Kier alpha value is -2.68. The zero-order chi connectivity index (χ0) is 13.9. The Morgan fingerprint density at radius 2 is 1.70 bits per heavy atom. The Kier molecular flexibility index (Phi) is 3.17. The van der Waals surface area contributed by atoms with Crippen LogP contribution in [0.15, 0.2) is 54.7 Å². The topological polar surface area (TPSA) is 33.1 Å². The van der Waals surface area contributed by atoms with E-state index in [0.29, 0.717) is 11.1 Å². The molecular weight excluding hydrogens is 253 g/mol. The average molecular weight is 265 g/mol. The van der Waals surface area contributed by atoms with E-state index in [1.165, 1.54) is 6.07 Å². The van der Waals surface area contributed by atoms with Gasteiger partial charge in [-0.2, -0.15) is 0 Å². The Morgan fingerprint density at radius 3 is 2.55 bits per heavy atom. The number of fused-ring (bicyclic) bond motifs is 1. The molecule has 1 heterocycles. The van der Waals surface area contributed by atoms with Gasteiger partial charge in [-0.15, -0.1) is 0 Å². The maximum absolute atomic E-state index is 13.6. The van der Waals surface area contributed by atoms with E-state index >= 15 is 0 Å². The average Bonchev–Trinajstić information content (AvgIpc) is 2.48. The van der Waals surface area contributed by atoms with Crippen LogP contribution in [0, 0.1) is 5.82 Å². The summed E-state index contributed by atoms with van der Waals surface area (Å²) in [6.45, 7) is 0. The molecule has 20 heavy (non-hydrogen) atoms. The second-order valence-electron chi connectivity index (χ2n) is 4.43. The van der Waals surface area contributed by atoms with Crippen molar-refractivity contribution in [2.45, 2.75) is 0 Å². The fraction of sp³-hybridized carbons (Fsp3) is 0. The quantitative estimate of drug-likeness (QED) is 0.703. The molecule has 0 aliphatic heterocycles. The molecule has 3 heteroatoms. The first-order valence-electron chi connectivity index (χ1n) is 6.25. The summed E-state index contributed by atoms with van der Waals surface area (Å²) in [4.78, 5) is 4.16. The molecule has 0 saturated carbocycles. The molecule has 98 valence electrons. The second-order valence-corrected chi connectivity index (χ2v) is 4.43. The highest BCUT2D eigenvalue weighted by Crippen LogP contribution is 2.26. The van der Waals surface area contributed by atoms with Crippen molar-refractivity contribution >= 4 is 23.1 Å². The van der Waals surface area contributed by atoms with Crippen LogP contribution in [0.2, 0.25) is 0 Å². The third-order valence-corrected chi connectivity index (χ3v) is 3.13. The Bertz CT molecular complexity index is 796. The van der Waals surface area contributed by atoms with Crippen LogP contribution < -0.4 is 0 Å². The van der Waals surface area contributed by atoms with Gasteiger partial charge in [0, 0.05) is 17.1 Å². The molecule has 2 aromatic carbocycles. The Labute approximate surface area is 115 Å². The molecule has 0 radical (unpaired) electrons. The van der Waals surface area contributed by atoms with Gasteiger partial charge in [0.25, 0.3) is 0 Å². The van der Waals surface area contributed by atoms with Crippen LogP contribution in [-0.4, -0.2) is 10.1 Å². The number of hydrogen-bond acceptors (Lipinski definition) is 2. The molecule has 2 nitrogen and oxygen atoms in total. The first-order chi connectivity index (χ1) is 9.75. The van der Waals surface area contributed by atoms with Crippen LogP contribution in [0.25, 0.3) is 23.1 Å². The third kappa shape index (κ3) is 2.26. The number of pyridine rings is 1. The minimum absolute atomic E-state index is 0.142. The van der Waals surface area contributed by atoms with Crippen LogP contribution in [0.4, 0.5) is 4.39 Å². The molecular formula is C17H12FNO. The van der Waals surface area contributed by atoms with E-state index in [9.17, 15) is 9.50 Å². The van der Waals surface area contributed by atoms with Gasteiger partial charge in [0.05, 0.1) is 0 Å². The number of aromatic hydroxyl groups is 1. The predicted octanol–water partition coefficient (Wildman–Crippen LogP) is 4.25. The van der Waals surface area contributed by atoms with Crippen LogP contribution >= 0.6 is 0 Å². The predicted molar refractivity (Wildman–Crippen MR) is 78.7 cm³/mol. The van der Waals surface area contributed by atoms with E-state index < -0.39 is 0 Å². The van der Waals surface area contributed by atoms with Gasteiger partial charge >= 0.3 is 0 Å². The first-order valence-corrected chi connectivity index (χ1v) is 6.25. The van der Waals surface area contributed by atoms with Gasteiger partial charge in [-0.1, -0.05) is 42.5 Å². The normalized spacial score (nSPS) is 11.2. The molecule has 3 rings (SSSR count). The second kappa shape index (κ2) is 5.13. The van der Waals surface area contributed by atoms with E-state index in [4.69, 9.17) is 0 Å². The standard InChI is InChI=1S/C17H12FNO/c18-15-6-2-1-4-13(15)8-7-12-9-10-16(20)17-14(12)5-3-11-19-17/h1-11,20H/b8-7+. The molecule has 0 unspecified atom stereocenters. The van der Waals surface area contributed by atoms with E-state index in [1.54, 1.807) is 42.6 Å². The molecule has 0 amide bonds. The number of benzene rings is 2. The van der Waals surface area contributed by atoms with Crippen molar-refractivity contribution in [2.75, 3.05) is 0 Å². The van der Waals surface area contributed by atoms with Gasteiger partial charge in [0.1, 0.15) is 17.1 Å². The lowest BCUT2D eigenvalue weighted by molar-refractivity contribution is 0.480. The maximum atomic E-state index is 13.6. The largest absolute Gasteiger partial charge is 0.506 e. The van der Waals surface area contributed by atoms with Crippen molar-refractivity contribution in [1.82, 2.24) is 4.98 Å². The summed E-state index contributed by atoms with van der Waals surface area (Å²) in [7, 11) is 0. The van der Waals surface area contributed by atoms with Gasteiger partial charge in [0.2, 0.25) is 0 Å². The number of phenols is 1. The monoisotopic (exact) mass is 265 g/mol. The smallest absolute Gasteiger partial charge is 0.141 e. The molecule has 0 aliphatic rings. The molecule has 1 aromatic heterocycles. The number of halogens is 1. The zero-order valence-electron chi connectivity index (χ0n) is 10.6. The van der Waals surface area contributed by atoms with Crippen molar-refractivity contribution in [2.24, 2.45) is 0 Å². The summed E-state index contributed by atoms with van der Waals surface area (Å²) in [5, 5.41) is 10.6. The summed E-state index contributed by atoms with van der Waals surface area (Å²) in [6, 6.07) is 13.7. The van der Waals surface area contributed by atoms with Crippen molar-refractivity contribution in [3.63, 3.8) is 0 Å². The molecule has 0 spiro atoms. The summed E-state index contributed by atoms with van der Waals surface area (Å²) < 4.78 is 13.6. The third-order valence-electron chi connectivity index (χ3n) is 3.13. The lowest BCUT2D eigenvalue weighted by Crippen LogP contribution is -1.83. The zero-order valence-corrected chi connectivity index (χ0v) is 10.6. The van der Waals surface area contributed by atoms with Crippen LogP contribution in [0.3, 0.4) is 0 Å². The van der Waals surface area contributed by atoms with Crippen LogP contribution in [0.1, 0.15) is 11.1 Å². The lowest BCUT2D eigenvalue weighted by Gasteiger charge is -2.03. The SMILES string of the molecule is Oc1ccc(/C=C/c2ccccc2F)c2cccnc12. The van der Waals surface area contributed by atoms with Gasteiger partial charge in [-0.3, -0.25) is 4.98 Å². The number of rotatable bonds is 2. The molecule has 3 aromatic rings. The molecule has 0 aliphatic carbocycles. The first kappa shape index (κ1) is 12.4. The molecule has 0 atom stereocenters. The lowest BCUT2D eigenvalue weighted by atomic mass is 10.1. The number of aromatic nitrogens is 1. The number of hydrogen-bond donors (Lipinski definition) is 1. The Balaban J connectivity index is 2.08. The fourth-order valence-corrected chi connectivity index (χ4v) is 2.11. The molecule has 0 fully saturated rings. The molecule has 0 bridgehead atoms. The van der Waals surface area contributed by atoms with Crippen molar-refractivity contribution < 1.29 is 9.50 Å². The maximum Gasteiger partial charge on any atom is 0.141 e. The van der Waals surface area contributed by atoms with E-state index in [-0.39, 0.29) is 11.6 Å². The highest BCUT2D eigenvalue weighted by Gasteiger charge is 2.04. The minimum Gasteiger partial charge on any atom is -0.506 e. The molecule has 0 saturated heterocycles. The summed E-state index contributed by atoms with van der Waals surface area (Å²) in [5.41, 5.74) is 1.95. The van der Waals surface area contributed by atoms with E-state index in [2.05, 4.69) is 4.98 Å². The van der Waals surface area contributed by atoms with Crippen LogP contribution in [0.5, 0.6) is 5.75 Å². The van der Waals surface area contributed by atoms with Crippen molar-refractivity contribution in [3.8, 4) is 5.75 Å². The summed E-state index contributed by atoms with van der Waals surface area (Å²) in [6.07, 6.45) is 5.17. The van der Waals surface area contributed by atoms with Gasteiger partial charge in [-0.25, -0.2) is 4.39 Å². The summed E-state index contributed by atoms with van der Waals surface area (Å²) >= 11 is 0. The highest BCUT2D eigenvalue weighted by atomic mass is 19.1. The highest BCUT2D eigenvalue weighted by molar-refractivity contribution is 5.93. The van der Waals surface area contributed by atoms with Crippen LogP contribution in [-0.2, 0) is 0 Å². The van der Waals surface area contributed by atoms with Gasteiger partial charge < -0.3 is 5.11 Å². The fourth-order valence-electron chi connectivity index (χ4n) is 2.11. The van der Waals surface area contributed by atoms with Gasteiger partial charge in [0.15, 0.2) is 0 Å². The minimum atomic E-state index is -0.259.